The SMILES string of the molecule is CC(C)NC(=O)N1CC[C@@]2(CCn3nc(-c4cnc(N)c(O[C@H](C)c5c(F)cccc5F)c4)cc32)C1. The molecule has 2 aliphatic heterocycles. The lowest BCUT2D eigenvalue weighted by Gasteiger charge is -2.24. The maximum Gasteiger partial charge on any atom is 0.317 e. The first-order chi connectivity index (χ1) is 17.2. The fraction of sp³-hybridized carbons (Fsp3) is 0.423. The maximum absolute atomic E-state index is 14.2. The van der Waals surface area contributed by atoms with Gasteiger partial charge in [-0.05, 0) is 57.9 Å². The van der Waals surface area contributed by atoms with Crippen molar-refractivity contribution in [1.29, 1.82) is 0 Å². The number of carbonyl (C=O) groups is 1. The molecule has 0 radical (unpaired) electrons. The number of aromatic nitrogens is 3. The van der Waals surface area contributed by atoms with Crippen LogP contribution in [0.1, 0.15) is 51.0 Å². The number of nitrogens with one attached hydrogen (secondary N) is 1. The standard InChI is InChI=1S/C26H30F2N6O2/c1-15(2)31-25(35)33-9-7-26(14-33)8-10-34-22(26)12-20(32-34)17-11-21(24(29)30-13-17)36-16(3)23-18(27)5-4-6-19(23)28/h4-6,11-13,15-16H,7-10,14H2,1-3H3,(H2,29,30)(H,31,35)/t16-,26-/m1/s1. The number of benzene rings is 1. The van der Waals surface area contributed by atoms with E-state index in [0.29, 0.717) is 24.3 Å². The summed E-state index contributed by atoms with van der Waals surface area (Å²) in [5.74, 6) is -1.03. The van der Waals surface area contributed by atoms with Crippen LogP contribution in [0.3, 0.4) is 0 Å². The van der Waals surface area contributed by atoms with Gasteiger partial charge in [-0.2, -0.15) is 5.10 Å². The Bertz CT molecular complexity index is 1290. The molecule has 1 aromatic carbocycles. The van der Waals surface area contributed by atoms with E-state index in [0.717, 1.165) is 25.1 Å². The number of nitrogen functional groups attached to an aromatic ring is 1. The molecule has 1 fully saturated rings. The predicted molar refractivity (Wildman–Crippen MR) is 131 cm³/mol. The van der Waals surface area contributed by atoms with Crippen molar-refractivity contribution in [2.24, 2.45) is 0 Å². The molecule has 2 amide bonds. The average Bonchev–Trinajstić information content (AvgIpc) is 3.52. The Balaban J connectivity index is 1.38. The molecule has 0 saturated carbocycles. The van der Waals surface area contributed by atoms with Crippen LogP contribution in [0.5, 0.6) is 5.75 Å². The molecule has 2 aliphatic rings. The third-order valence-electron chi connectivity index (χ3n) is 7.07. The van der Waals surface area contributed by atoms with E-state index in [1.54, 1.807) is 19.2 Å². The van der Waals surface area contributed by atoms with E-state index in [2.05, 4.69) is 10.3 Å². The summed E-state index contributed by atoms with van der Waals surface area (Å²) in [7, 11) is 0. The van der Waals surface area contributed by atoms with Gasteiger partial charge in [0.25, 0.3) is 0 Å². The van der Waals surface area contributed by atoms with Gasteiger partial charge in [0.05, 0.1) is 11.3 Å². The second kappa shape index (κ2) is 9.07. The van der Waals surface area contributed by atoms with Crippen molar-refractivity contribution >= 4 is 11.8 Å². The molecule has 1 saturated heterocycles. The van der Waals surface area contributed by atoms with Crippen LogP contribution in [-0.2, 0) is 12.0 Å². The highest BCUT2D eigenvalue weighted by Gasteiger charge is 2.47. The Morgan fingerprint density at radius 2 is 1.89 bits per heavy atom. The van der Waals surface area contributed by atoms with Crippen LogP contribution < -0.4 is 15.8 Å². The fourth-order valence-electron chi connectivity index (χ4n) is 5.24. The van der Waals surface area contributed by atoms with Crippen LogP contribution in [-0.4, -0.2) is 44.8 Å². The highest BCUT2D eigenvalue weighted by Crippen LogP contribution is 2.44. The third kappa shape index (κ3) is 4.25. The number of hydrogen-bond donors (Lipinski definition) is 2. The Morgan fingerprint density at radius 1 is 1.17 bits per heavy atom. The molecule has 0 unspecified atom stereocenters. The molecule has 2 aromatic heterocycles. The molecule has 10 heteroatoms. The van der Waals surface area contributed by atoms with E-state index < -0.39 is 17.7 Å². The molecule has 4 heterocycles. The van der Waals surface area contributed by atoms with Gasteiger partial charge in [0.2, 0.25) is 0 Å². The van der Waals surface area contributed by atoms with E-state index in [1.165, 1.54) is 18.2 Å². The zero-order chi connectivity index (χ0) is 25.6. The van der Waals surface area contributed by atoms with Gasteiger partial charge in [0.1, 0.15) is 17.7 Å². The van der Waals surface area contributed by atoms with Gasteiger partial charge < -0.3 is 20.7 Å². The summed E-state index contributed by atoms with van der Waals surface area (Å²) < 4.78 is 36.3. The van der Waals surface area contributed by atoms with Crippen molar-refractivity contribution < 1.29 is 18.3 Å². The molecular formula is C26H30F2N6O2. The first kappa shape index (κ1) is 24.0. The molecule has 0 aliphatic carbocycles. The van der Waals surface area contributed by atoms with Crippen molar-refractivity contribution in [1.82, 2.24) is 25.0 Å². The number of pyridine rings is 1. The number of rotatable bonds is 5. The lowest BCUT2D eigenvalue weighted by atomic mass is 9.82. The summed E-state index contributed by atoms with van der Waals surface area (Å²) in [5, 5.41) is 7.75. The third-order valence-corrected chi connectivity index (χ3v) is 7.07. The second-order valence-electron chi connectivity index (χ2n) is 9.95. The second-order valence-corrected chi connectivity index (χ2v) is 9.95. The van der Waals surface area contributed by atoms with Gasteiger partial charge in [0, 0.05) is 48.5 Å². The first-order valence-electron chi connectivity index (χ1n) is 12.2. The topological polar surface area (TPSA) is 98.3 Å². The Morgan fingerprint density at radius 3 is 2.61 bits per heavy atom. The number of carbonyl (C=O) groups excluding carboxylic acids is 1. The zero-order valence-corrected chi connectivity index (χ0v) is 20.6. The van der Waals surface area contributed by atoms with Crippen molar-refractivity contribution in [3.63, 3.8) is 0 Å². The highest BCUT2D eigenvalue weighted by molar-refractivity contribution is 5.75. The number of likely N-dealkylation sites (tertiary alicyclic amines) is 1. The van der Waals surface area contributed by atoms with E-state index >= 15 is 0 Å². The summed E-state index contributed by atoms with van der Waals surface area (Å²) in [6, 6.07) is 7.46. The number of anilines is 1. The Labute approximate surface area is 208 Å². The summed E-state index contributed by atoms with van der Waals surface area (Å²) in [4.78, 5) is 18.7. The van der Waals surface area contributed by atoms with Crippen molar-refractivity contribution in [2.45, 2.75) is 57.7 Å². The van der Waals surface area contributed by atoms with Gasteiger partial charge in [0.15, 0.2) is 11.6 Å². The molecule has 8 nitrogen and oxygen atoms in total. The summed E-state index contributed by atoms with van der Waals surface area (Å²) in [6.07, 6.45) is 2.51. The van der Waals surface area contributed by atoms with Crippen LogP contribution in [0.2, 0.25) is 0 Å². The fourth-order valence-corrected chi connectivity index (χ4v) is 5.24. The Kier molecular flexibility index (Phi) is 6.05. The van der Waals surface area contributed by atoms with E-state index in [4.69, 9.17) is 15.6 Å². The summed E-state index contributed by atoms with van der Waals surface area (Å²) in [5.41, 5.74) is 8.21. The Hall–Kier alpha value is -3.69. The smallest absolute Gasteiger partial charge is 0.317 e. The van der Waals surface area contributed by atoms with Gasteiger partial charge >= 0.3 is 6.03 Å². The number of ether oxygens (including phenoxy) is 1. The quantitative estimate of drug-likeness (QED) is 0.545. The highest BCUT2D eigenvalue weighted by atomic mass is 19.1. The van der Waals surface area contributed by atoms with Crippen LogP contribution in [0.4, 0.5) is 19.4 Å². The lowest BCUT2D eigenvalue weighted by Crippen LogP contribution is -2.43. The van der Waals surface area contributed by atoms with Crippen LogP contribution in [0.15, 0.2) is 36.5 Å². The number of aryl methyl sites for hydroxylation is 1. The van der Waals surface area contributed by atoms with Crippen molar-refractivity contribution in [2.75, 3.05) is 18.8 Å². The minimum Gasteiger partial charge on any atom is -0.482 e. The molecule has 190 valence electrons. The number of nitrogens with two attached hydrogens (primary N) is 1. The molecule has 2 atom stereocenters. The molecule has 36 heavy (non-hydrogen) atoms. The first-order valence-corrected chi connectivity index (χ1v) is 12.2. The largest absolute Gasteiger partial charge is 0.482 e. The van der Waals surface area contributed by atoms with Crippen molar-refractivity contribution in [3.8, 4) is 17.0 Å². The molecule has 0 bridgehead atoms. The lowest BCUT2D eigenvalue weighted by molar-refractivity contribution is 0.203. The number of urea groups is 1. The minimum atomic E-state index is -0.915. The average molecular weight is 497 g/mol. The normalized spacial score (nSPS) is 19.7. The zero-order valence-electron chi connectivity index (χ0n) is 20.6. The van der Waals surface area contributed by atoms with E-state index in [9.17, 15) is 13.6 Å². The van der Waals surface area contributed by atoms with Crippen molar-refractivity contribution in [3.05, 3.63) is 59.4 Å². The van der Waals surface area contributed by atoms with E-state index in [1.807, 2.05) is 29.5 Å². The van der Waals surface area contributed by atoms with Gasteiger partial charge in [-0.25, -0.2) is 18.6 Å². The maximum atomic E-state index is 14.2. The molecule has 5 rings (SSSR count). The molecular weight excluding hydrogens is 466 g/mol. The monoisotopic (exact) mass is 496 g/mol. The predicted octanol–water partition coefficient (Wildman–Crippen LogP) is 4.41. The number of amides is 2. The number of halogens is 2. The molecule has 1 spiro atoms. The molecule has 3 N–H and O–H groups in total. The summed E-state index contributed by atoms with van der Waals surface area (Å²) >= 11 is 0. The summed E-state index contributed by atoms with van der Waals surface area (Å²) in [6.45, 7) is 7.58. The number of hydrogen-bond acceptors (Lipinski definition) is 5. The number of fused-ring (bicyclic) bond motifs is 2. The van der Waals surface area contributed by atoms with Crippen LogP contribution in [0, 0.1) is 11.6 Å². The van der Waals surface area contributed by atoms with E-state index in [-0.39, 0.29) is 34.6 Å². The van der Waals surface area contributed by atoms with Crippen LogP contribution in [0.25, 0.3) is 11.3 Å². The van der Waals surface area contributed by atoms with Crippen LogP contribution >= 0.6 is 0 Å². The van der Waals surface area contributed by atoms with Gasteiger partial charge in [-0.3, -0.25) is 4.68 Å². The number of nitrogens with zero attached hydrogens (tertiary/aromatic N) is 4. The minimum absolute atomic E-state index is 0.0370. The van der Waals surface area contributed by atoms with Gasteiger partial charge in [-0.15, -0.1) is 0 Å². The molecule has 3 aromatic rings. The van der Waals surface area contributed by atoms with Gasteiger partial charge in [-0.1, -0.05) is 6.07 Å².